The highest BCUT2D eigenvalue weighted by Crippen LogP contribution is 2.18. The van der Waals surface area contributed by atoms with E-state index in [4.69, 9.17) is 11.0 Å². The molecule has 0 spiro atoms. The quantitative estimate of drug-likeness (QED) is 0.894. The zero-order valence-corrected chi connectivity index (χ0v) is 12.1. The summed E-state index contributed by atoms with van der Waals surface area (Å²) in [5.74, 6) is -0.183. The van der Waals surface area contributed by atoms with Crippen LogP contribution in [0.25, 0.3) is 0 Å². The largest absolute Gasteiger partial charge is 0.331 e. The van der Waals surface area contributed by atoms with Crippen molar-refractivity contribution in [1.82, 2.24) is 4.90 Å². The van der Waals surface area contributed by atoms with E-state index in [-0.39, 0.29) is 11.7 Å². The average molecular weight is 285 g/mol. The number of piperidine rings is 1. The monoisotopic (exact) mass is 285 g/mol. The number of hydrogen-bond donors (Lipinski definition) is 1. The highest BCUT2D eigenvalue weighted by molar-refractivity contribution is 5.90. The number of nitrogens with zero attached hydrogens (tertiary/aromatic N) is 2. The van der Waals surface area contributed by atoms with Crippen LogP contribution in [0.1, 0.15) is 30.9 Å². The zero-order chi connectivity index (χ0) is 15.4. The molecule has 1 amide bonds. The van der Waals surface area contributed by atoms with E-state index in [0.29, 0.717) is 24.9 Å². The Morgan fingerprint density at radius 3 is 2.71 bits per heavy atom. The topological polar surface area (TPSA) is 87.2 Å². The van der Waals surface area contributed by atoms with Gasteiger partial charge in [-0.2, -0.15) is 5.26 Å². The summed E-state index contributed by atoms with van der Waals surface area (Å²) in [4.78, 5) is 25.7. The Morgan fingerprint density at radius 2 is 2.14 bits per heavy atom. The second-order valence-corrected chi connectivity index (χ2v) is 5.42. The van der Waals surface area contributed by atoms with E-state index in [1.54, 1.807) is 17.0 Å². The minimum atomic E-state index is -0.499. The van der Waals surface area contributed by atoms with Gasteiger partial charge in [-0.25, -0.2) is 0 Å². The molecule has 5 heteroatoms. The van der Waals surface area contributed by atoms with Crippen LogP contribution in [-0.2, 0) is 16.0 Å². The fourth-order valence-corrected chi connectivity index (χ4v) is 2.65. The lowest BCUT2D eigenvalue weighted by Gasteiger charge is -2.35. The summed E-state index contributed by atoms with van der Waals surface area (Å²) < 4.78 is 0. The van der Waals surface area contributed by atoms with Crippen molar-refractivity contribution in [2.75, 3.05) is 6.54 Å². The molecule has 2 atom stereocenters. The molecule has 110 valence electrons. The Morgan fingerprint density at radius 1 is 1.48 bits per heavy atom. The van der Waals surface area contributed by atoms with Crippen molar-refractivity contribution in [3.8, 4) is 6.07 Å². The molecule has 0 bridgehead atoms. The number of benzene rings is 1. The van der Waals surface area contributed by atoms with Gasteiger partial charge in [0.05, 0.1) is 23.7 Å². The minimum Gasteiger partial charge on any atom is -0.331 e. The third-order valence-electron chi connectivity index (χ3n) is 3.87. The second-order valence-electron chi connectivity index (χ2n) is 5.42. The van der Waals surface area contributed by atoms with Crippen LogP contribution in [0.2, 0.25) is 0 Å². The van der Waals surface area contributed by atoms with Gasteiger partial charge < -0.3 is 10.6 Å². The number of nitrogens with two attached hydrogens (primary N) is 1. The number of nitriles is 1. The Labute approximate surface area is 124 Å². The summed E-state index contributed by atoms with van der Waals surface area (Å²) >= 11 is 0. The number of Topliss-reactive ketones (excluding diaryl/α,β-unsaturated/α-hetero) is 1. The zero-order valence-electron chi connectivity index (χ0n) is 12.1. The molecule has 0 radical (unpaired) electrons. The third kappa shape index (κ3) is 3.47. The van der Waals surface area contributed by atoms with Gasteiger partial charge in [0.25, 0.3) is 0 Å². The van der Waals surface area contributed by atoms with Gasteiger partial charge in [-0.1, -0.05) is 12.1 Å². The van der Waals surface area contributed by atoms with Crippen molar-refractivity contribution in [3.05, 3.63) is 35.4 Å². The molecule has 21 heavy (non-hydrogen) atoms. The van der Waals surface area contributed by atoms with Crippen molar-refractivity contribution >= 4 is 11.7 Å². The van der Waals surface area contributed by atoms with Gasteiger partial charge in [0.2, 0.25) is 5.91 Å². The first-order valence-corrected chi connectivity index (χ1v) is 7.08. The number of amides is 1. The maximum atomic E-state index is 12.2. The van der Waals surface area contributed by atoms with Gasteiger partial charge in [0, 0.05) is 6.54 Å². The van der Waals surface area contributed by atoms with Crippen LogP contribution >= 0.6 is 0 Å². The van der Waals surface area contributed by atoms with Crippen LogP contribution in [0, 0.1) is 11.3 Å². The maximum absolute atomic E-state index is 12.2. The molecule has 1 fully saturated rings. The van der Waals surface area contributed by atoms with Crippen LogP contribution in [0.4, 0.5) is 0 Å². The first kappa shape index (κ1) is 15.2. The van der Waals surface area contributed by atoms with Gasteiger partial charge in [-0.05, 0) is 43.9 Å². The van der Waals surface area contributed by atoms with Crippen LogP contribution < -0.4 is 5.73 Å². The minimum absolute atomic E-state index is 0.0400. The normalized spacial score (nSPS) is 20.0. The molecule has 1 heterocycles. The molecule has 0 aliphatic carbocycles. The summed E-state index contributed by atoms with van der Waals surface area (Å²) in [5, 5.41) is 8.80. The molecule has 2 N–H and O–H groups in total. The number of rotatable bonds is 4. The Kier molecular flexibility index (Phi) is 4.71. The molecule has 1 aromatic carbocycles. The Hall–Kier alpha value is -2.19. The molecule has 2 rings (SSSR count). The van der Waals surface area contributed by atoms with Gasteiger partial charge in [0.1, 0.15) is 0 Å². The molecule has 1 aliphatic heterocycles. The molecule has 5 nitrogen and oxygen atoms in total. The molecule has 1 aliphatic rings. The lowest BCUT2D eigenvalue weighted by molar-refractivity contribution is -0.142. The summed E-state index contributed by atoms with van der Waals surface area (Å²) in [6.45, 7) is 2.08. The molecule has 0 aromatic heterocycles. The predicted octanol–water partition coefficient (Wildman–Crippen LogP) is 1.01. The van der Waals surface area contributed by atoms with E-state index in [2.05, 4.69) is 6.07 Å². The summed E-state index contributed by atoms with van der Waals surface area (Å²) in [5.41, 5.74) is 7.31. The van der Waals surface area contributed by atoms with Crippen molar-refractivity contribution in [2.45, 2.75) is 38.3 Å². The van der Waals surface area contributed by atoms with E-state index in [0.717, 1.165) is 12.0 Å². The molecular formula is C16H19N3O2. The lowest BCUT2D eigenvalue weighted by atomic mass is 9.96. The SMILES string of the molecule is CC(=O)C(Cc1ccc(C#N)cc1)N1CCCC(N)C1=O. The molecular weight excluding hydrogens is 266 g/mol. The van der Waals surface area contributed by atoms with Crippen LogP contribution in [0.5, 0.6) is 0 Å². The van der Waals surface area contributed by atoms with Crippen molar-refractivity contribution in [3.63, 3.8) is 0 Å². The van der Waals surface area contributed by atoms with E-state index in [1.165, 1.54) is 6.92 Å². The van der Waals surface area contributed by atoms with E-state index in [9.17, 15) is 9.59 Å². The van der Waals surface area contributed by atoms with E-state index in [1.807, 2.05) is 12.1 Å². The van der Waals surface area contributed by atoms with Crippen molar-refractivity contribution in [1.29, 1.82) is 5.26 Å². The predicted molar refractivity (Wildman–Crippen MR) is 78.3 cm³/mol. The van der Waals surface area contributed by atoms with Crippen LogP contribution in [0.15, 0.2) is 24.3 Å². The molecule has 2 unspecified atom stereocenters. The Balaban J connectivity index is 2.17. The molecule has 1 saturated heterocycles. The molecule has 0 saturated carbocycles. The van der Waals surface area contributed by atoms with E-state index < -0.39 is 12.1 Å². The van der Waals surface area contributed by atoms with Crippen LogP contribution in [-0.4, -0.2) is 35.2 Å². The number of carbonyl (C=O) groups excluding carboxylic acids is 2. The first-order valence-electron chi connectivity index (χ1n) is 7.08. The first-order chi connectivity index (χ1) is 10.0. The second kappa shape index (κ2) is 6.51. The fraction of sp³-hybridized carbons (Fsp3) is 0.438. The summed E-state index contributed by atoms with van der Waals surface area (Å²) in [7, 11) is 0. The smallest absolute Gasteiger partial charge is 0.240 e. The number of ketones is 1. The summed E-state index contributed by atoms with van der Waals surface area (Å²) in [6.07, 6.45) is 1.96. The standard InChI is InChI=1S/C16H19N3O2/c1-11(20)15(19-8-2-3-14(18)16(19)21)9-12-4-6-13(10-17)7-5-12/h4-7,14-15H,2-3,8-9,18H2,1H3. The number of hydrogen-bond acceptors (Lipinski definition) is 4. The number of likely N-dealkylation sites (tertiary alicyclic amines) is 1. The Bertz CT molecular complexity index is 574. The van der Waals surface area contributed by atoms with Gasteiger partial charge in [-0.3, -0.25) is 9.59 Å². The highest BCUT2D eigenvalue weighted by Gasteiger charge is 2.33. The van der Waals surface area contributed by atoms with Crippen molar-refractivity contribution < 1.29 is 9.59 Å². The van der Waals surface area contributed by atoms with E-state index >= 15 is 0 Å². The highest BCUT2D eigenvalue weighted by atomic mass is 16.2. The van der Waals surface area contributed by atoms with Gasteiger partial charge in [-0.15, -0.1) is 0 Å². The average Bonchev–Trinajstić information content (AvgIpc) is 2.48. The summed E-state index contributed by atoms with van der Waals surface area (Å²) in [6, 6.07) is 8.17. The van der Waals surface area contributed by atoms with Crippen LogP contribution in [0.3, 0.4) is 0 Å². The third-order valence-corrected chi connectivity index (χ3v) is 3.87. The maximum Gasteiger partial charge on any atom is 0.240 e. The number of carbonyl (C=O) groups is 2. The molecule has 1 aromatic rings. The lowest BCUT2D eigenvalue weighted by Crippen LogP contribution is -2.55. The fourth-order valence-electron chi connectivity index (χ4n) is 2.65. The van der Waals surface area contributed by atoms with Gasteiger partial charge in [0.15, 0.2) is 5.78 Å². The van der Waals surface area contributed by atoms with Gasteiger partial charge >= 0.3 is 0 Å². The van der Waals surface area contributed by atoms with Crippen molar-refractivity contribution in [2.24, 2.45) is 5.73 Å².